The first kappa shape index (κ1) is 21.6. The fraction of sp³-hybridized carbons (Fsp3) is 0.321. The molecule has 0 saturated heterocycles. The van der Waals surface area contributed by atoms with Crippen molar-refractivity contribution in [3.63, 3.8) is 0 Å². The van der Waals surface area contributed by atoms with Crippen LogP contribution in [-0.4, -0.2) is 32.7 Å². The van der Waals surface area contributed by atoms with Gasteiger partial charge in [0.15, 0.2) is 0 Å². The van der Waals surface area contributed by atoms with E-state index in [0.717, 1.165) is 72.5 Å². The average molecular weight is 467 g/mol. The predicted molar refractivity (Wildman–Crippen MR) is 138 cm³/mol. The molecule has 1 saturated carbocycles. The van der Waals surface area contributed by atoms with Gasteiger partial charge in [0.25, 0.3) is 0 Å². The van der Waals surface area contributed by atoms with Gasteiger partial charge in [-0.15, -0.1) is 0 Å². The van der Waals surface area contributed by atoms with Gasteiger partial charge >= 0.3 is 0 Å². The van der Waals surface area contributed by atoms with Crippen LogP contribution < -0.4 is 11.1 Å². The smallest absolute Gasteiger partial charge is 0.237 e. The summed E-state index contributed by atoms with van der Waals surface area (Å²) in [6.45, 7) is 1.38. The van der Waals surface area contributed by atoms with E-state index in [9.17, 15) is 4.79 Å². The first-order valence-corrected chi connectivity index (χ1v) is 12.3. The summed E-state index contributed by atoms with van der Waals surface area (Å²) in [6, 6.07) is 13.8. The molecule has 7 nitrogen and oxygen atoms in total. The number of rotatable bonds is 6. The number of allylic oxidation sites excluding steroid dienone is 2. The molecule has 2 aromatic carbocycles. The van der Waals surface area contributed by atoms with Gasteiger partial charge in [-0.2, -0.15) is 0 Å². The van der Waals surface area contributed by atoms with E-state index in [1.807, 2.05) is 36.2 Å². The number of aromatic nitrogens is 2. The van der Waals surface area contributed by atoms with Crippen LogP contribution in [0.15, 0.2) is 65.9 Å². The Labute approximate surface area is 204 Å². The van der Waals surface area contributed by atoms with E-state index in [2.05, 4.69) is 40.2 Å². The monoisotopic (exact) mass is 466 g/mol. The van der Waals surface area contributed by atoms with Crippen LogP contribution in [0.25, 0.3) is 11.0 Å². The van der Waals surface area contributed by atoms with Gasteiger partial charge in [-0.25, -0.2) is 4.98 Å². The van der Waals surface area contributed by atoms with Gasteiger partial charge in [0.2, 0.25) is 5.91 Å². The lowest BCUT2D eigenvalue weighted by Gasteiger charge is -2.26. The lowest BCUT2D eigenvalue weighted by Crippen LogP contribution is -2.37. The molecule has 0 radical (unpaired) electrons. The summed E-state index contributed by atoms with van der Waals surface area (Å²) in [4.78, 5) is 20.7. The molecule has 0 bridgehead atoms. The molecule has 4 N–H and O–H groups in total. The molecule has 1 aromatic heterocycles. The first-order valence-electron chi connectivity index (χ1n) is 12.3. The Balaban J connectivity index is 1.23. The lowest BCUT2D eigenvalue weighted by molar-refractivity contribution is -0.131. The van der Waals surface area contributed by atoms with Crippen molar-refractivity contribution < 1.29 is 4.79 Å². The maximum Gasteiger partial charge on any atom is 0.237 e. The standard InChI is InChI=1S/C28H30N6O/c1-33-24-11-8-20(28(13-14-28)27(35)34-15-12-18-4-2-3-5-23(18)34)16-22(24)32-25(33)17-31-21-9-6-19(7-10-21)26(29)30/h3,5-11,16,31H,2,4,12-15,17H2,1H3,(H3,29,30). The molecule has 178 valence electrons. The van der Waals surface area contributed by atoms with Crippen LogP contribution in [0, 0.1) is 5.41 Å². The van der Waals surface area contributed by atoms with Crippen molar-refractivity contribution in [3.8, 4) is 0 Å². The van der Waals surface area contributed by atoms with Crippen LogP contribution >= 0.6 is 0 Å². The van der Waals surface area contributed by atoms with E-state index in [1.165, 1.54) is 5.57 Å². The highest BCUT2D eigenvalue weighted by molar-refractivity contribution is 5.95. The van der Waals surface area contributed by atoms with Gasteiger partial charge in [-0.05, 0) is 85.7 Å². The Bertz CT molecular complexity index is 1410. The number of nitrogens with two attached hydrogens (primary N) is 1. The topological polar surface area (TPSA) is 100 Å². The minimum Gasteiger partial charge on any atom is -0.384 e. The van der Waals surface area contributed by atoms with Crippen LogP contribution in [0.2, 0.25) is 0 Å². The molecule has 1 aliphatic heterocycles. The second-order valence-electron chi connectivity index (χ2n) is 9.85. The number of nitrogen functional groups attached to an aromatic ring is 1. The fourth-order valence-corrected chi connectivity index (χ4v) is 5.47. The van der Waals surface area contributed by atoms with Crippen molar-refractivity contribution in [2.45, 2.75) is 44.1 Å². The summed E-state index contributed by atoms with van der Waals surface area (Å²) in [6.07, 6.45) is 9.32. The number of hydrogen-bond acceptors (Lipinski definition) is 4. The van der Waals surface area contributed by atoms with Crippen LogP contribution in [0.1, 0.15) is 49.1 Å². The Morgan fingerprint density at radius 3 is 2.71 bits per heavy atom. The maximum absolute atomic E-state index is 13.7. The molecule has 0 spiro atoms. The molecule has 2 heterocycles. The Hall–Kier alpha value is -3.87. The normalized spacial score (nSPS) is 18.1. The summed E-state index contributed by atoms with van der Waals surface area (Å²) in [5.41, 5.74) is 12.4. The fourth-order valence-electron chi connectivity index (χ4n) is 5.47. The van der Waals surface area contributed by atoms with Crippen molar-refractivity contribution in [2.24, 2.45) is 12.8 Å². The third-order valence-electron chi connectivity index (χ3n) is 7.76. The maximum atomic E-state index is 13.7. The van der Waals surface area contributed by atoms with E-state index >= 15 is 0 Å². The van der Waals surface area contributed by atoms with Crippen molar-refractivity contribution in [2.75, 3.05) is 11.9 Å². The third-order valence-corrected chi connectivity index (χ3v) is 7.76. The summed E-state index contributed by atoms with van der Waals surface area (Å²) in [7, 11) is 2.02. The summed E-state index contributed by atoms with van der Waals surface area (Å²) < 4.78 is 2.10. The number of carbonyl (C=O) groups is 1. The van der Waals surface area contributed by atoms with Gasteiger partial charge in [-0.3, -0.25) is 10.2 Å². The van der Waals surface area contributed by atoms with Gasteiger partial charge in [-0.1, -0.05) is 12.1 Å². The van der Waals surface area contributed by atoms with Crippen molar-refractivity contribution in [3.05, 3.63) is 82.8 Å². The first-order chi connectivity index (χ1) is 17.0. The van der Waals surface area contributed by atoms with E-state index < -0.39 is 5.41 Å². The molecule has 0 unspecified atom stereocenters. The molecule has 0 atom stereocenters. The Morgan fingerprint density at radius 2 is 1.97 bits per heavy atom. The number of nitrogens with one attached hydrogen (secondary N) is 2. The van der Waals surface area contributed by atoms with Gasteiger partial charge < -0.3 is 20.5 Å². The molecule has 35 heavy (non-hydrogen) atoms. The lowest BCUT2D eigenvalue weighted by atomic mass is 9.93. The van der Waals surface area contributed by atoms with E-state index in [1.54, 1.807) is 0 Å². The van der Waals surface area contributed by atoms with E-state index in [4.69, 9.17) is 16.1 Å². The quantitative estimate of drug-likeness (QED) is 0.372. The average Bonchev–Trinajstić information content (AvgIpc) is 3.48. The molecule has 7 heteroatoms. The van der Waals surface area contributed by atoms with Crippen molar-refractivity contribution in [1.29, 1.82) is 5.41 Å². The minimum absolute atomic E-state index is 0.0618. The number of amides is 1. The summed E-state index contributed by atoms with van der Waals surface area (Å²) in [5, 5.41) is 10.9. The number of benzene rings is 2. The predicted octanol–water partition coefficient (Wildman–Crippen LogP) is 4.34. The van der Waals surface area contributed by atoms with Crippen LogP contribution in [-0.2, 0) is 23.8 Å². The van der Waals surface area contributed by atoms with E-state index in [0.29, 0.717) is 12.1 Å². The number of nitrogens with zero attached hydrogens (tertiary/aromatic N) is 3. The van der Waals surface area contributed by atoms with Crippen molar-refractivity contribution in [1.82, 2.24) is 14.5 Å². The summed E-state index contributed by atoms with van der Waals surface area (Å²) >= 11 is 0. The molecule has 6 rings (SSSR count). The number of anilines is 1. The van der Waals surface area contributed by atoms with E-state index in [-0.39, 0.29) is 11.7 Å². The second kappa shape index (κ2) is 8.12. The highest BCUT2D eigenvalue weighted by Crippen LogP contribution is 2.51. The zero-order chi connectivity index (χ0) is 24.2. The number of carbonyl (C=O) groups excluding carboxylic acids is 1. The van der Waals surface area contributed by atoms with Crippen LogP contribution in [0.5, 0.6) is 0 Å². The molecule has 1 amide bonds. The van der Waals surface area contributed by atoms with Gasteiger partial charge in [0.1, 0.15) is 11.7 Å². The highest BCUT2D eigenvalue weighted by Gasteiger charge is 2.54. The Kier molecular flexibility index (Phi) is 5.02. The van der Waals surface area contributed by atoms with Crippen LogP contribution in [0.4, 0.5) is 5.69 Å². The van der Waals surface area contributed by atoms with Gasteiger partial charge in [0.05, 0.1) is 23.0 Å². The third kappa shape index (κ3) is 3.62. The number of imidazole rings is 1. The number of amidine groups is 1. The number of hydrogen-bond donors (Lipinski definition) is 3. The molecule has 1 fully saturated rings. The molecular formula is C28H30N6O. The number of aryl methyl sites for hydroxylation is 1. The SMILES string of the molecule is Cn1c(CNc2ccc(C(=N)N)cc2)nc2cc(C3(C(=O)N4CCC5=C4C=CCC5)CC3)ccc21. The van der Waals surface area contributed by atoms with Gasteiger partial charge in [0, 0.05) is 30.5 Å². The zero-order valence-electron chi connectivity index (χ0n) is 20.0. The summed E-state index contributed by atoms with van der Waals surface area (Å²) in [5.74, 6) is 1.23. The van der Waals surface area contributed by atoms with Crippen molar-refractivity contribution >= 4 is 28.5 Å². The van der Waals surface area contributed by atoms with Crippen LogP contribution in [0.3, 0.4) is 0 Å². The highest BCUT2D eigenvalue weighted by atomic mass is 16.2. The second-order valence-corrected chi connectivity index (χ2v) is 9.85. The number of fused-ring (bicyclic) bond motifs is 1. The molecule has 3 aromatic rings. The minimum atomic E-state index is -0.406. The molecule has 3 aliphatic rings. The molecule has 2 aliphatic carbocycles. The molecular weight excluding hydrogens is 436 g/mol. The zero-order valence-corrected chi connectivity index (χ0v) is 20.0. The Morgan fingerprint density at radius 1 is 1.17 bits per heavy atom. The largest absolute Gasteiger partial charge is 0.384 e.